The molecule has 1 amide bonds. The van der Waals surface area contributed by atoms with E-state index in [-0.39, 0.29) is 17.4 Å². The van der Waals surface area contributed by atoms with Gasteiger partial charge in [-0.05, 0) is 48.1 Å². The highest BCUT2D eigenvalue weighted by atomic mass is 32.2. The molecule has 1 heterocycles. The SMILES string of the molecule is CC(C)(C)c1ccc(C(=O)NC[C@@H]2CCCN2S(=O)(=O)c2ccccc2)cc1. The minimum Gasteiger partial charge on any atom is -0.350 e. The lowest BCUT2D eigenvalue weighted by Crippen LogP contribution is -2.43. The third-order valence-corrected chi connectivity index (χ3v) is 7.15. The Morgan fingerprint density at radius 2 is 1.71 bits per heavy atom. The standard InChI is InChI=1S/C22H28N2O3S/c1-22(2,3)18-13-11-17(12-14-18)21(25)23-16-19-8-7-15-24(19)28(26,27)20-9-5-4-6-10-20/h4-6,9-14,19H,7-8,15-16H2,1-3H3,(H,23,25)/t19-/m0/s1. The normalized spacial score (nSPS) is 18.2. The molecule has 0 radical (unpaired) electrons. The molecule has 1 fully saturated rings. The largest absolute Gasteiger partial charge is 0.350 e. The van der Waals surface area contributed by atoms with E-state index in [0.29, 0.717) is 23.5 Å². The second-order valence-electron chi connectivity index (χ2n) is 8.26. The predicted molar refractivity (Wildman–Crippen MR) is 111 cm³/mol. The van der Waals surface area contributed by atoms with Crippen LogP contribution in [0.4, 0.5) is 0 Å². The van der Waals surface area contributed by atoms with Crippen LogP contribution in [0.25, 0.3) is 0 Å². The number of hydrogen-bond donors (Lipinski definition) is 1. The molecule has 3 rings (SSSR count). The molecule has 1 atom stereocenters. The molecule has 1 N–H and O–H groups in total. The van der Waals surface area contributed by atoms with Gasteiger partial charge in [-0.15, -0.1) is 0 Å². The van der Waals surface area contributed by atoms with Gasteiger partial charge in [-0.1, -0.05) is 51.1 Å². The van der Waals surface area contributed by atoms with Crippen molar-refractivity contribution in [3.05, 3.63) is 65.7 Å². The molecular formula is C22H28N2O3S. The summed E-state index contributed by atoms with van der Waals surface area (Å²) in [6.07, 6.45) is 1.54. The molecule has 5 nitrogen and oxygen atoms in total. The fourth-order valence-electron chi connectivity index (χ4n) is 3.49. The first-order chi connectivity index (χ1) is 13.2. The summed E-state index contributed by atoms with van der Waals surface area (Å²) in [4.78, 5) is 12.8. The molecule has 2 aromatic rings. The van der Waals surface area contributed by atoms with E-state index >= 15 is 0 Å². The summed E-state index contributed by atoms with van der Waals surface area (Å²) in [5.74, 6) is -0.176. The summed E-state index contributed by atoms with van der Waals surface area (Å²) in [6.45, 7) is 7.18. The van der Waals surface area contributed by atoms with Crippen molar-refractivity contribution in [3.8, 4) is 0 Å². The Morgan fingerprint density at radius 1 is 1.07 bits per heavy atom. The molecule has 0 unspecified atom stereocenters. The van der Waals surface area contributed by atoms with Gasteiger partial charge in [-0.25, -0.2) is 8.42 Å². The molecule has 6 heteroatoms. The van der Waals surface area contributed by atoms with Crippen LogP contribution in [-0.4, -0.2) is 37.8 Å². The highest BCUT2D eigenvalue weighted by molar-refractivity contribution is 7.89. The maximum absolute atomic E-state index is 12.9. The van der Waals surface area contributed by atoms with Crippen molar-refractivity contribution in [1.29, 1.82) is 0 Å². The number of carbonyl (C=O) groups is 1. The van der Waals surface area contributed by atoms with Gasteiger partial charge in [0.15, 0.2) is 0 Å². The Balaban J connectivity index is 1.66. The summed E-state index contributed by atoms with van der Waals surface area (Å²) in [5, 5.41) is 2.91. The summed E-state index contributed by atoms with van der Waals surface area (Å²) in [5.41, 5.74) is 1.79. The molecule has 0 saturated carbocycles. The van der Waals surface area contributed by atoms with Crippen molar-refractivity contribution >= 4 is 15.9 Å². The molecule has 0 spiro atoms. The average Bonchev–Trinajstić information content (AvgIpc) is 3.16. The lowest BCUT2D eigenvalue weighted by Gasteiger charge is -2.24. The highest BCUT2D eigenvalue weighted by Gasteiger charge is 2.35. The number of benzene rings is 2. The van der Waals surface area contributed by atoms with Crippen LogP contribution < -0.4 is 5.32 Å². The van der Waals surface area contributed by atoms with Crippen molar-refractivity contribution in [1.82, 2.24) is 9.62 Å². The summed E-state index contributed by atoms with van der Waals surface area (Å²) < 4.78 is 27.3. The molecule has 2 aromatic carbocycles. The number of carbonyl (C=O) groups excluding carboxylic acids is 1. The second-order valence-corrected chi connectivity index (χ2v) is 10.2. The zero-order valence-electron chi connectivity index (χ0n) is 16.7. The van der Waals surface area contributed by atoms with Gasteiger partial charge in [0.2, 0.25) is 10.0 Å². The first kappa shape index (κ1) is 20.6. The van der Waals surface area contributed by atoms with Gasteiger partial charge in [0.25, 0.3) is 5.91 Å². The molecule has 0 aromatic heterocycles. The Labute approximate surface area is 167 Å². The van der Waals surface area contributed by atoms with E-state index < -0.39 is 10.0 Å². The van der Waals surface area contributed by atoms with Crippen molar-refractivity contribution < 1.29 is 13.2 Å². The number of hydrogen-bond acceptors (Lipinski definition) is 3. The van der Waals surface area contributed by atoms with Crippen molar-refractivity contribution in [2.75, 3.05) is 13.1 Å². The van der Waals surface area contributed by atoms with Crippen LogP contribution in [0.15, 0.2) is 59.5 Å². The van der Waals surface area contributed by atoms with Crippen molar-refractivity contribution in [3.63, 3.8) is 0 Å². The van der Waals surface area contributed by atoms with E-state index in [0.717, 1.165) is 12.8 Å². The fraction of sp³-hybridized carbons (Fsp3) is 0.409. The van der Waals surface area contributed by atoms with E-state index in [1.807, 2.05) is 24.3 Å². The van der Waals surface area contributed by atoms with Gasteiger partial charge >= 0.3 is 0 Å². The molecule has 0 bridgehead atoms. The Hall–Kier alpha value is -2.18. The maximum Gasteiger partial charge on any atom is 0.251 e. The van der Waals surface area contributed by atoms with Crippen LogP contribution in [0.5, 0.6) is 0 Å². The van der Waals surface area contributed by atoms with Crippen molar-refractivity contribution in [2.45, 2.75) is 50.0 Å². The number of amides is 1. The van der Waals surface area contributed by atoms with Gasteiger partial charge in [-0.2, -0.15) is 4.31 Å². The lowest BCUT2D eigenvalue weighted by molar-refractivity contribution is 0.0946. The van der Waals surface area contributed by atoms with Gasteiger partial charge in [0.05, 0.1) is 4.90 Å². The molecular weight excluding hydrogens is 372 g/mol. The number of nitrogens with zero attached hydrogens (tertiary/aromatic N) is 1. The Bertz CT molecular complexity index is 917. The number of sulfonamides is 1. The van der Waals surface area contributed by atoms with Crippen LogP contribution in [0.1, 0.15) is 49.5 Å². The van der Waals surface area contributed by atoms with Crippen LogP contribution >= 0.6 is 0 Å². The molecule has 0 aliphatic carbocycles. The molecule has 1 saturated heterocycles. The monoisotopic (exact) mass is 400 g/mol. The van der Waals surface area contributed by atoms with E-state index in [2.05, 4.69) is 26.1 Å². The van der Waals surface area contributed by atoms with Crippen LogP contribution in [0.3, 0.4) is 0 Å². The molecule has 1 aliphatic heterocycles. The predicted octanol–water partition coefficient (Wildman–Crippen LogP) is 3.57. The molecule has 1 aliphatic rings. The molecule has 28 heavy (non-hydrogen) atoms. The Morgan fingerprint density at radius 3 is 2.32 bits per heavy atom. The number of nitrogens with one attached hydrogen (secondary N) is 1. The summed E-state index contributed by atoms with van der Waals surface area (Å²) in [7, 11) is -3.54. The van der Waals surface area contributed by atoms with E-state index in [9.17, 15) is 13.2 Å². The maximum atomic E-state index is 12.9. The zero-order valence-corrected chi connectivity index (χ0v) is 17.5. The minimum absolute atomic E-state index is 0.0329. The first-order valence-electron chi connectivity index (χ1n) is 9.65. The highest BCUT2D eigenvalue weighted by Crippen LogP contribution is 2.26. The van der Waals surface area contributed by atoms with Crippen molar-refractivity contribution in [2.24, 2.45) is 0 Å². The first-order valence-corrected chi connectivity index (χ1v) is 11.1. The van der Waals surface area contributed by atoms with Gasteiger partial charge in [0, 0.05) is 24.7 Å². The summed E-state index contributed by atoms with van der Waals surface area (Å²) >= 11 is 0. The second kappa shape index (κ2) is 8.05. The average molecular weight is 401 g/mol. The van der Waals surface area contributed by atoms with Gasteiger partial charge < -0.3 is 5.32 Å². The van der Waals surface area contributed by atoms with E-state index in [4.69, 9.17) is 0 Å². The van der Waals surface area contributed by atoms with Crippen LogP contribution in [0, 0.1) is 0 Å². The fourth-order valence-corrected chi connectivity index (χ4v) is 5.21. The third kappa shape index (κ3) is 4.45. The molecule has 150 valence electrons. The van der Waals surface area contributed by atoms with E-state index in [1.54, 1.807) is 30.3 Å². The van der Waals surface area contributed by atoms with Crippen LogP contribution in [-0.2, 0) is 15.4 Å². The van der Waals surface area contributed by atoms with Crippen LogP contribution in [0.2, 0.25) is 0 Å². The third-order valence-electron chi connectivity index (χ3n) is 5.18. The number of rotatable bonds is 5. The minimum atomic E-state index is -3.54. The topological polar surface area (TPSA) is 66.5 Å². The lowest BCUT2D eigenvalue weighted by atomic mass is 9.87. The quantitative estimate of drug-likeness (QED) is 0.834. The summed E-state index contributed by atoms with van der Waals surface area (Å²) in [6, 6.07) is 15.8. The van der Waals surface area contributed by atoms with Gasteiger partial charge in [0.1, 0.15) is 0 Å². The Kier molecular flexibility index (Phi) is 5.91. The smallest absolute Gasteiger partial charge is 0.251 e. The van der Waals surface area contributed by atoms with Gasteiger partial charge in [-0.3, -0.25) is 4.79 Å². The zero-order chi connectivity index (χ0) is 20.4. The van der Waals surface area contributed by atoms with E-state index in [1.165, 1.54) is 9.87 Å².